The molecule has 6 atom stereocenters. The summed E-state index contributed by atoms with van der Waals surface area (Å²) in [5.41, 5.74) is 0. The zero-order chi connectivity index (χ0) is 41.1. The molecule has 0 amide bonds. The molecule has 0 aromatic heterocycles. The van der Waals surface area contributed by atoms with E-state index in [4.69, 9.17) is 23.5 Å². The highest BCUT2D eigenvalue weighted by Gasteiger charge is 2.48. The zero-order valence-corrected chi connectivity index (χ0v) is 35.8. The molecule has 1 fully saturated rings. The van der Waals surface area contributed by atoms with Crippen LogP contribution in [-0.4, -0.2) is 97.5 Å². The van der Waals surface area contributed by atoms with Crippen molar-refractivity contribution in [2.45, 2.75) is 218 Å². The van der Waals surface area contributed by atoms with Crippen molar-refractivity contribution in [3.05, 3.63) is 24.3 Å². The fourth-order valence-corrected chi connectivity index (χ4v) is 7.16. The summed E-state index contributed by atoms with van der Waals surface area (Å²) in [6.45, 7) is 3.93. The van der Waals surface area contributed by atoms with Gasteiger partial charge in [-0.25, -0.2) is 4.18 Å². The second-order valence-electron chi connectivity index (χ2n) is 15.3. The molecule has 0 radical (unpaired) electrons. The van der Waals surface area contributed by atoms with Gasteiger partial charge in [0, 0.05) is 13.0 Å². The number of allylic oxidation sites excluding steroid dienone is 4. The maximum absolute atomic E-state index is 12.8. The second kappa shape index (κ2) is 35.5. The Hall–Kier alpha value is -1.42. The number of hydrogen-bond donors (Lipinski definition) is 4. The minimum absolute atomic E-state index is 0.0325. The molecule has 0 saturated carbocycles. The maximum Gasteiger partial charge on any atom is 0.397 e. The van der Waals surface area contributed by atoms with Crippen LogP contribution in [0, 0.1) is 0 Å². The number of esters is 1. The average molecular weight is 821 g/mol. The Morgan fingerprint density at radius 1 is 0.661 bits per heavy atom. The third kappa shape index (κ3) is 28.9. The molecule has 0 aromatic carbocycles. The van der Waals surface area contributed by atoms with Gasteiger partial charge in [-0.3, -0.25) is 9.35 Å². The molecule has 1 heterocycles. The first-order chi connectivity index (χ1) is 27.1. The van der Waals surface area contributed by atoms with Gasteiger partial charge in [-0.2, -0.15) is 8.42 Å². The Balaban J connectivity index is 2.42. The standard InChI is InChI=1S/C43H80O12S/c1-3-5-7-9-11-13-15-16-17-18-19-20-21-23-25-27-29-31-33-51-35-37(53-39(45)32-30-28-26-24-22-14-12-10-8-6-4-2)36-52-43-41(47)42(55-56(48,49)50)40(46)38(34-44)54-43/h10,12,16-17,37-38,40-44,46-47H,3-9,11,13-15,18-36H2,1-2H3,(H,48,49,50)/b12-10-,17-16-. The summed E-state index contributed by atoms with van der Waals surface area (Å²) in [5.74, 6) is -0.411. The van der Waals surface area contributed by atoms with Gasteiger partial charge >= 0.3 is 16.4 Å². The van der Waals surface area contributed by atoms with Crippen molar-refractivity contribution in [3.63, 3.8) is 0 Å². The smallest absolute Gasteiger partial charge is 0.397 e. The van der Waals surface area contributed by atoms with Crippen molar-refractivity contribution >= 4 is 16.4 Å². The highest BCUT2D eigenvalue weighted by Crippen LogP contribution is 2.26. The third-order valence-corrected chi connectivity index (χ3v) is 10.5. The molecule has 56 heavy (non-hydrogen) atoms. The maximum atomic E-state index is 12.8. The Morgan fingerprint density at radius 2 is 1.14 bits per heavy atom. The van der Waals surface area contributed by atoms with Crippen molar-refractivity contribution in [1.29, 1.82) is 0 Å². The molecule has 1 saturated heterocycles. The SMILES string of the molecule is CCCC/C=C\CCCCCCCC(=O)OC(COCCCCCCCCCC/C=C\CCCCCCCC)COC1OC(CO)C(O)C(OS(=O)(=O)O)C1O. The molecular weight excluding hydrogens is 741 g/mol. The Kier molecular flexibility index (Phi) is 33.4. The van der Waals surface area contributed by atoms with Crippen molar-refractivity contribution in [3.8, 4) is 0 Å². The molecular formula is C43H80O12S. The van der Waals surface area contributed by atoms with Gasteiger partial charge < -0.3 is 34.3 Å². The lowest BCUT2D eigenvalue weighted by atomic mass is 9.99. The van der Waals surface area contributed by atoms with Crippen LogP contribution >= 0.6 is 0 Å². The van der Waals surface area contributed by atoms with E-state index in [1.54, 1.807) is 0 Å². The number of aliphatic hydroxyl groups excluding tert-OH is 3. The minimum atomic E-state index is -5.06. The van der Waals surface area contributed by atoms with E-state index in [2.05, 4.69) is 42.3 Å². The van der Waals surface area contributed by atoms with Crippen LogP contribution in [-0.2, 0) is 38.3 Å². The molecule has 0 aromatic rings. The Morgan fingerprint density at radius 3 is 1.66 bits per heavy atom. The topological polar surface area (TPSA) is 178 Å². The van der Waals surface area contributed by atoms with Crippen molar-refractivity contribution in [1.82, 2.24) is 0 Å². The van der Waals surface area contributed by atoms with E-state index < -0.39 is 59.8 Å². The molecule has 1 aliphatic rings. The number of carbonyl (C=O) groups excluding carboxylic acids is 1. The van der Waals surface area contributed by atoms with Gasteiger partial charge in [0.15, 0.2) is 6.29 Å². The molecule has 0 bridgehead atoms. The van der Waals surface area contributed by atoms with Gasteiger partial charge in [-0.1, -0.05) is 141 Å². The van der Waals surface area contributed by atoms with Gasteiger partial charge in [-0.15, -0.1) is 0 Å². The van der Waals surface area contributed by atoms with Crippen LogP contribution in [0.2, 0.25) is 0 Å². The monoisotopic (exact) mass is 821 g/mol. The zero-order valence-electron chi connectivity index (χ0n) is 34.9. The van der Waals surface area contributed by atoms with Crippen LogP contribution in [0.4, 0.5) is 0 Å². The molecule has 0 aliphatic carbocycles. The van der Waals surface area contributed by atoms with Crippen LogP contribution in [0.1, 0.15) is 181 Å². The van der Waals surface area contributed by atoms with Gasteiger partial charge in [0.2, 0.25) is 0 Å². The molecule has 13 heteroatoms. The lowest BCUT2D eigenvalue weighted by Crippen LogP contribution is -2.60. The molecule has 330 valence electrons. The summed E-state index contributed by atoms with van der Waals surface area (Å²) >= 11 is 0. The summed E-state index contributed by atoms with van der Waals surface area (Å²) in [4.78, 5) is 12.8. The number of aliphatic hydroxyl groups is 3. The highest BCUT2D eigenvalue weighted by molar-refractivity contribution is 7.80. The normalized spacial score (nSPS) is 21.0. The van der Waals surface area contributed by atoms with Crippen LogP contribution in [0.5, 0.6) is 0 Å². The predicted octanol–water partition coefficient (Wildman–Crippen LogP) is 8.85. The largest absolute Gasteiger partial charge is 0.457 e. The molecule has 12 nitrogen and oxygen atoms in total. The van der Waals surface area contributed by atoms with E-state index in [-0.39, 0.29) is 19.6 Å². The first kappa shape index (κ1) is 52.6. The van der Waals surface area contributed by atoms with Gasteiger partial charge in [0.1, 0.15) is 30.5 Å². The van der Waals surface area contributed by atoms with Gasteiger partial charge in [-0.05, 0) is 57.8 Å². The summed E-state index contributed by atoms with van der Waals surface area (Å²) in [5, 5.41) is 30.6. The predicted molar refractivity (Wildman–Crippen MR) is 221 cm³/mol. The van der Waals surface area contributed by atoms with E-state index in [9.17, 15) is 28.5 Å². The quantitative estimate of drug-likeness (QED) is 0.0202. The van der Waals surface area contributed by atoms with Gasteiger partial charge in [0.05, 0.1) is 19.8 Å². The summed E-state index contributed by atoms with van der Waals surface area (Å²) in [6.07, 6.45) is 29.3. The van der Waals surface area contributed by atoms with E-state index in [1.165, 1.54) is 96.3 Å². The van der Waals surface area contributed by atoms with Crippen LogP contribution < -0.4 is 0 Å². The summed E-state index contributed by atoms with van der Waals surface area (Å²) < 4.78 is 58.9. The number of hydrogen-bond acceptors (Lipinski definition) is 11. The van der Waals surface area contributed by atoms with Crippen molar-refractivity contribution in [2.75, 3.05) is 26.4 Å². The van der Waals surface area contributed by atoms with E-state index in [0.29, 0.717) is 13.0 Å². The van der Waals surface area contributed by atoms with E-state index in [0.717, 1.165) is 57.8 Å². The number of ether oxygens (including phenoxy) is 4. The number of unbranched alkanes of at least 4 members (excludes halogenated alkanes) is 21. The lowest BCUT2D eigenvalue weighted by Gasteiger charge is -2.41. The second-order valence-corrected chi connectivity index (χ2v) is 16.3. The molecule has 0 spiro atoms. The van der Waals surface area contributed by atoms with E-state index >= 15 is 0 Å². The first-order valence-corrected chi connectivity index (χ1v) is 23.5. The Bertz CT molecular complexity index is 1080. The molecule has 1 aliphatic heterocycles. The highest BCUT2D eigenvalue weighted by atomic mass is 32.3. The minimum Gasteiger partial charge on any atom is -0.457 e. The summed E-state index contributed by atoms with van der Waals surface area (Å²) in [7, 11) is -5.06. The van der Waals surface area contributed by atoms with Crippen molar-refractivity contribution < 1.29 is 56.2 Å². The molecule has 4 N–H and O–H groups in total. The fraction of sp³-hybridized carbons (Fsp3) is 0.884. The lowest BCUT2D eigenvalue weighted by molar-refractivity contribution is -0.301. The Labute approximate surface area is 340 Å². The van der Waals surface area contributed by atoms with Gasteiger partial charge in [0.25, 0.3) is 0 Å². The summed E-state index contributed by atoms with van der Waals surface area (Å²) in [6, 6.07) is 0. The van der Waals surface area contributed by atoms with Crippen molar-refractivity contribution in [2.24, 2.45) is 0 Å². The fourth-order valence-electron chi connectivity index (χ4n) is 6.65. The van der Waals surface area contributed by atoms with Crippen LogP contribution in [0.25, 0.3) is 0 Å². The molecule has 6 unspecified atom stereocenters. The van der Waals surface area contributed by atoms with Crippen LogP contribution in [0.15, 0.2) is 24.3 Å². The number of rotatable bonds is 38. The number of carbonyl (C=O) groups is 1. The van der Waals surface area contributed by atoms with Crippen LogP contribution in [0.3, 0.4) is 0 Å². The third-order valence-electron chi connectivity index (χ3n) is 10.0. The molecule has 1 rings (SSSR count). The van der Waals surface area contributed by atoms with E-state index in [1.807, 2.05) is 0 Å². The average Bonchev–Trinajstić information content (AvgIpc) is 3.17. The first-order valence-electron chi connectivity index (χ1n) is 22.1.